The van der Waals surface area contributed by atoms with Crippen LogP contribution in [0.15, 0.2) is 24.7 Å². The quantitative estimate of drug-likeness (QED) is 0.855. The molecular weight excluding hydrogens is 337 g/mol. The Morgan fingerprint density at radius 3 is 2.92 bits per heavy atom. The zero-order valence-corrected chi connectivity index (χ0v) is 13.5. The Labute approximate surface area is 142 Å². The molecule has 0 aliphatic carbocycles. The monoisotopic (exact) mass is 356 g/mol. The number of hydrogen-bond donors (Lipinski definition) is 2. The minimum atomic E-state index is -4.42. The first kappa shape index (κ1) is 17.3. The van der Waals surface area contributed by atoms with Crippen LogP contribution in [0.4, 0.5) is 18.0 Å². The normalized spacial score (nSPS) is 17.2. The molecule has 3 rings (SSSR count). The van der Waals surface area contributed by atoms with Crippen LogP contribution in [0.1, 0.15) is 17.9 Å². The number of aryl methyl sites for hydroxylation is 1. The maximum absolute atomic E-state index is 12.7. The highest BCUT2D eigenvalue weighted by Gasteiger charge is 2.35. The Balaban J connectivity index is 1.42. The molecule has 0 aromatic carbocycles. The molecule has 2 aromatic rings. The van der Waals surface area contributed by atoms with Crippen molar-refractivity contribution in [2.75, 3.05) is 13.1 Å². The van der Waals surface area contributed by atoms with Crippen molar-refractivity contribution < 1.29 is 18.0 Å². The van der Waals surface area contributed by atoms with Gasteiger partial charge in [-0.25, -0.2) is 9.78 Å². The topological polar surface area (TPSA) is 76.8 Å². The van der Waals surface area contributed by atoms with Gasteiger partial charge in [-0.15, -0.1) is 0 Å². The molecule has 1 aliphatic rings. The molecule has 2 N–H and O–H groups in total. The van der Waals surface area contributed by atoms with E-state index >= 15 is 0 Å². The molecule has 2 amide bonds. The molecule has 0 saturated carbocycles. The number of alkyl halides is 3. The number of halogens is 3. The second-order valence-corrected chi connectivity index (χ2v) is 6.00. The highest BCUT2D eigenvalue weighted by atomic mass is 19.4. The average Bonchev–Trinajstić information content (AvgIpc) is 3.21. The number of carbonyl (C=O) groups excluding carboxylic acids is 1. The highest BCUT2D eigenvalue weighted by molar-refractivity contribution is 5.73. The second kappa shape index (κ2) is 7.16. The van der Waals surface area contributed by atoms with Gasteiger partial charge < -0.3 is 15.2 Å². The molecule has 2 aromatic heterocycles. The van der Waals surface area contributed by atoms with E-state index in [1.807, 2.05) is 0 Å². The van der Waals surface area contributed by atoms with Gasteiger partial charge in [0.25, 0.3) is 0 Å². The van der Waals surface area contributed by atoms with Gasteiger partial charge in [0.05, 0.1) is 6.54 Å². The number of nitrogens with zero attached hydrogens (tertiary/aromatic N) is 4. The fraction of sp³-hybridized carbons (Fsp3) is 0.533. The first-order chi connectivity index (χ1) is 11.9. The molecule has 1 atom stereocenters. The number of amides is 2. The van der Waals surface area contributed by atoms with Gasteiger partial charge in [-0.05, 0) is 18.4 Å². The molecule has 25 heavy (non-hydrogen) atoms. The van der Waals surface area contributed by atoms with Crippen molar-refractivity contribution in [3.63, 3.8) is 0 Å². The van der Waals surface area contributed by atoms with Crippen LogP contribution in [0.25, 0.3) is 0 Å². The van der Waals surface area contributed by atoms with Gasteiger partial charge in [0.15, 0.2) is 5.69 Å². The molecule has 10 heteroatoms. The zero-order valence-electron chi connectivity index (χ0n) is 13.5. The van der Waals surface area contributed by atoms with Gasteiger partial charge in [-0.3, -0.25) is 4.68 Å². The predicted octanol–water partition coefficient (Wildman–Crippen LogP) is 1.66. The third-order valence-electron chi connectivity index (χ3n) is 4.12. The van der Waals surface area contributed by atoms with Gasteiger partial charge in [0, 0.05) is 44.6 Å². The lowest BCUT2D eigenvalue weighted by Gasteiger charge is -2.23. The lowest BCUT2D eigenvalue weighted by Crippen LogP contribution is -2.41. The van der Waals surface area contributed by atoms with Crippen molar-refractivity contribution in [3.8, 4) is 0 Å². The van der Waals surface area contributed by atoms with Crippen LogP contribution in [-0.4, -0.2) is 38.5 Å². The minimum Gasteiger partial charge on any atom is -0.338 e. The van der Waals surface area contributed by atoms with Gasteiger partial charge >= 0.3 is 12.2 Å². The maximum Gasteiger partial charge on any atom is 0.434 e. The molecule has 0 radical (unpaired) electrons. The third kappa shape index (κ3) is 4.52. The van der Waals surface area contributed by atoms with Crippen LogP contribution in [0.3, 0.4) is 0 Å². The molecule has 1 aliphatic heterocycles. The molecule has 0 bridgehead atoms. The van der Waals surface area contributed by atoms with Crippen LogP contribution in [-0.2, 0) is 25.7 Å². The first-order valence-electron chi connectivity index (χ1n) is 8.04. The number of fused-ring (bicyclic) bond motifs is 1. The van der Waals surface area contributed by atoms with Crippen molar-refractivity contribution in [3.05, 3.63) is 36.2 Å². The van der Waals surface area contributed by atoms with Crippen molar-refractivity contribution in [2.24, 2.45) is 5.92 Å². The summed E-state index contributed by atoms with van der Waals surface area (Å²) >= 11 is 0. The molecule has 136 valence electrons. The van der Waals surface area contributed by atoms with E-state index in [4.69, 9.17) is 0 Å². The Hall–Kier alpha value is -2.52. The molecule has 0 unspecified atom stereocenters. The van der Waals surface area contributed by atoms with Crippen LogP contribution in [0, 0.1) is 5.92 Å². The summed E-state index contributed by atoms with van der Waals surface area (Å²) in [4.78, 5) is 15.4. The van der Waals surface area contributed by atoms with Crippen LogP contribution in [0.5, 0.6) is 0 Å². The van der Waals surface area contributed by atoms with Crippen molar-refractivity contribution in [1.82, 2.24) is 30.0 Å². The zero-order chi connectivity index (χ0) is 17.9. The van der Waals surface area contributed by atoms with E-state index in [2.05, 4.69) is 20.7 Å². The molecule has 0 saturated heterocycles. The fourth-order valence-electron chi connectivity index (χ4n) is 2.83. The largest absolute Gasteiger partial charge is 0.434 e. The predicted molar refractivity (Wildman–Crippen MR) is 82.7 cm³/mol. The van der Waals surface area contributed by atoms with Gasteiger partial charge in [-0.2, -0.15) is 18.3 Å². The van der Waals surface area contributed by atoms with Crippen LogP contribution in [0.2, 0.25) is 0 Å². The summed E-state index contributed by atoms with van der Waals surface area (Å²) < 4.78 is 41.3. The Morgan fingerprint density at radius 2 is 2.20 bits per heavy atom. The van der Waals surface area contributed by atoms with E-state index in [1.54, 1.807) is 23.1 Å². The summed E-state index contributed by atoms with van der Waals surface area (Å²) in [6.45, 7) is 1.85. The number of aromatic nitrogens is 4. The number of imidazole rings is 1. The summed E-state index contributed by atoms with van der Waals surface area (Å²) in [7, 11) is 0. The van der Waals surface area contributed by atoms with Crippen molar-refractivity contribution in [1.29, 1.82) is 0 Å². The van der Waals surface area contributed by atoms with E-state index < -0.39 is 11.9 Å². The summed E-state index contributed by atoms with van der Waals surface area (Å²) in [5, 5.41) is 9.52. The molecular formula is C15H19F3N6O. The lowest BCUT2D eigenvalue weighted by molar-refractivity contribution is -0.141. The van der Waals surface area contributed by atoms with Crippen LogP contribution >= 0.6 is 0 Å². The number of carbonyl (C=O) groups is 1. The summed E-state index contributed by atoms with van der Waals surface area (Å²) in [6.07, 6.45) is 1.26. The van der Waals surface area contributed by atoms with Crippen LogP contribution < -0.4 is 10.6 Å². The smallest absolute Gasteiger partial charge is 0.338 e. The summed E-state index contributed by atoms with van der Waals surface area (Å²) in [5.41, 5.74) is -0.854. The van der Waals surface area contributed by atoms with Gasteiger partial charge in [-0.1, -0.05) is 0 Å². The van der Waals surface area contributed by atoms with Crippen molar-refractivity contribution in [2.45, 2.75) is 32.1 Å². The van der Waals surface area contributed by atoms with E-state index in [9.17, 15) is 18.0 Å². The highest BCUT2D eigenvalue weighted by Crippen LogP contribution is 2.30. The number of urea groups is 1. The Bertz CT molecular complexity index is 709. The standard InChI is InChI=1S/C15H19F3N6O/c16-15(17,18)12-10-23-9-11(2-3-13(23)22-12)8-20-14(25)19-5-7-24-6-1-4-21-24/h1,4,6,10-11H,2-3,5,7-9H2,(H2,19,20,25)/t11-/m0/s1. The SMILES string of the molecule is O=C(NCCn1cccn1)NC[C@@H]1CCc2nc(C(F)(F)F)cn2C1. The van der Waals surface area contributed by atoms with Gasteiger partial charge in [0.2, 0.25) is 0 Å². The van der Waals surface area contributed by atoms with E-state index in [0.717, 1.165) is 6.20 Å². The Morgan fingerprint density at radius 1 is 1.36 bits per heavy atom. The molecule has 3 heterocycles. The fourth-order valence-corrected chi connectivity index (χ4v) is 2.83. The van der Waals surface area contributed by atoms with E-state index in [-0.39, 0.29) is 11.9 Å². The van der Waals surface area contributed by atoms with Crippen molar-refractivity contribution >= 4 is 6.03 Å². The lowest BCUT2D eigenvalue weighted by atomic mass is 9.99. The molecule has 0 fully saturated rings. The van der Waals surface area contributed by atoms with E-state index in [0.29, 0.717) is 44.8 Å². The van der Waals surface area contributed by atoms with E-state index in [1.165, 1.54) is 4.57 Å². The summed E-state index contributed by atoms with van der Waals surface area (Å²) in [6, 6.07) is 1.51. The Kier molecular flexibility index (Phi) is 4.95. The maximum atomic E-state index is 12.7. The molecule has 7 nitrogen and oxygen atoms in total. The number of hydrogen-bond acceptors (Lipinski definition) is 3. The molecule has 0 spiro atoms. The second-order valence-electron chi connectivity index (χ2n) is 6.00. The van der Waals surface area contributed by atoms with Gasteiger partial charge in [0.1, 0.15) is 5.82 Å². The summed E-state index contributed by atoms with van der Waals surface area (Å²) in [5.74, 6) is 0.534. The number of rotatable bonds is 5. The number of nitrogens with one attached hydrogen (secondary N) is 2. The first-order valence-corrected chi connectivity index (χ1v) is 8.04. The average molecular weight is 356 g/mol. The minimum absolute atomic E-state index is 0.0830. The third-order valence-corrected chi connectivity index (χ3v) is 4.12.